The minimum absolute atomic E-state index is 0.825. The van der Waals surface area contributed by atoms with E-state index in [9.17, 15) is 0 Å². The molecule has 300 valence electrons. The van der Waals surface area contributed by atoms with E-state index >= 15 is 0 Å². The molecule has 5 heteroatoms. The summed E-state index contributed by atoms with van der Waals surface area (Å²) in [6.07, 6.45) is 4.10. The summed E-state index contributed by atoms with van der Waals surface area (Å²) in [5, 5.41) is 4.78. The predicted molar refractivity (Wildman–Crippen MR) is 265 cm³/mol. The van der Waals surface area contributed by atoms with Crippen LogP contribution < -0.4 is 4.90 Å². The van der Waals surface area contributed by atoms with E-state index in [1.165, 1.54) is 21.5 Å². The molecule has 12 rings (SSSR count). The number of rotatable bonds is 8. The summed E-state index contributed by atoms with van der Waals surface area (Å²) < 4.78 is 2.05. The number of hydrogen-bond donors (Lipinski definition) is 0. The van der Waals surface area contributed by atoms with Crippen molar-refractivity contribution in [3.63, 3.8) is 0 Å². The molecule has 0 N–H and O–H groups in total. The minimum atomic E-state index is 0.825. The largest absolute Gasteiger partial charge is 0.311 e. The van der Waals surface area contributed by atoms with Gasteiger partial charge in [-0.25, -0.2) is 15.0 Å². The van der Waals surface area contributed by atoms with Crippen LogP contribution >= 0.6 is 0 Å². The maximum Gasteiger partial charge on any atom is 0.137 e. The fraction of sp³-hybridized carbons (Fsp3) is 0. The maximum absolute atomic E-state index is 5.69. The van der Waals surface area contributed by atoms with Crippen LogP contribution in [0, 0.1) is 0 Å². The molecule has 0 aliphatic carbocycles. The molecule has 0 spiro atoms. The van der Waals surface area contributed by atoms with Crippen molar-refractivity contribution in [2.75, 3.05) is 4.90 Å². The summed E-state index contributed by atoms with van der Waals surface area (Å²) in [7, 11) is 0. The monoisotopic (exact) mass is 817 g/mol. The Morgan fingerprint density at radius 2 is 0.781 bits per heavy atom. The van der Waals surface area contributed by atoms with Gasteiger partial charge in [0.15, 0.2) is 0 Å². The van der Waals surface area contributed by atoms with Crippen LogP contribution in [0.3, 0.4) is 0 Å². The van der Waals surface area contributed by atoms with Crippen molar-refractivity contribution >= 4 is 55.3 Å². The first-order valence-electron chi connectivity index (χ1n) is 21.6. The standard InChI is InChI=1S/C59H39N5/c1-3-15-43(16-4-1)56-57(44-28-32-51(33-29-44)64(49-19-5-2-6-20-49)50-30-26-42(27-31-50)54-39-63-36-12-11-21-55(63)60-54)62-59-53(48-25-23-41-14-8-10-18-46(41)38-48)35-34-52(58(59)61-56)47-24-22-40-13-7-9-17-45(40)37-47/h1-39H. The van der Waals surface area contributed by atoms with Crippen molar-refractivity contribution < 1.29 is 0 Å². The van der Waals surface area contributed by atoms with Gasteiger partial charge in [0.25, 0.3) is 0 Å². The van der Waals surface area contributed by atoms with Crippen molar-refractivity contribution in [3.05, 3.63) is 237 Å². The zero-order chi connectivity index (χ0) is 42.4. The van der Waals surface area contributed by atoms with Gasteiger partial charge in [-0.2, -0.15) is 0 Å². The lowest BCUT2D eigenvalue weighted by Crippen LogP contribution is -2.09. The lowest BCUT2D eigenvalue weighted by atomic mass is 9.94. The molecule has 0 amide bonds. The first kappa shape index (κ1) is 37.1. The van der Waals surface area contributed by atoms with E-state index in [1.807, 2.05) is 30.5 Å². The number of hydrogen-bond acceptors (Lipinski definition) is 4. The van der Waals surface area contributed by atoms with Crippen LogP contribution in [-0.4, -0.2) is 19.4 Å². The number of aromatic nitrogens is 4. The van der Waals surface area contributed by atoms with Crippen LogP contribution in [0.4, 0.5) is 17.1 Å². The summed E-state index contributed by atoms with van der Waals surface area (Å²) in [5.74, 6) is 0. The molecule has 9 aromatic carbocycles. The van der Waals surface area contributed by atoms with Crippen LogP contribution in [-0.2, 0) is 0 Å². The molecule has 0 bridgehead atoms. The average molecular weight is 818 g/mol. The van der Waals surface area contributed by atoms with E-state index in [0.29, 0.717) is 0 Å². The Morgan fingerprint density at radius 3 is 1.34 bits per heavy atom. The molecule has 3 heterocycles. The smallest absolute Gasteiger partial charge is 0.137 e. The molecule has 0 aliphatic rings. The Hall–Kier alpha value is -8.67. The molecular formula is C59H39N5. The van der Waals surface area contributed by atoms with E-state index in [4.69, 9.17) is 15.0 Å². The summed E-state index contributed by atoms with van der Waals surface area (Å²) >= 11 is 0. The molecular weight excluding hydrogens is 779 g/mol. The molecule has 64 heavy (non-hydrogen) atoms. The molecule has 0 saturated carbocycles. The minimum Gasteiger partial charge on any atom is -0.311 e. The highest BCUT2D eigenvalue weighted by Crippen LogP contribution is 2.42. The molecule has 0 fully saturated rings. The van der Waals surface area contributed by atoms with Gasteiger partial charge in [-0.1, -0.05) is 164 Å². The second kappa shape index (κ2) is 15.7. The highest BCUT2D eigenvalue weighted by atomic mass is 15.1. The third kappa shape index (κ3) is 6.73. The average Bonchev–Trinajstić information content (AvgIpc) is 3.81. The molecule has 3 aromatic heterocycles. The highest BCUT2D eigenvalue weighted by Gasteiger charge is 2.21. The first-order chi connectivity index (χ1) is 31.7. The van der Waals surface area contributed by atoms with E-state index in [0.717, 1.165) is 89.8 Å². The van der Waals surface area contributed by atoms with Crippen LogP contribution in [0.2, 0.25) is 0 Å². The van der Waals surface area contributed by atoms with Crippen molar-refractivity contribution in [1.29, 1.82) is 0 Å². The van der Waals surface area contributed by atoms with Gasteiger partial charge in [-0.15, -0.1) is 0 Å². The highest BCUT2D eigenvalue weighted by molar-refractivity contribution is 6.05. The molecule has 0 radical (unpaired) electrons. The van der Waals surface area contributed by atoms with Crippen LogP contribution in [0.5, 0.6) is 0 Å². The van der Waals surface area contributed by atoms with Crippen molar-refractivity contribution in [1.82, 2.24) is 19.4 Å². The van der Waals surface area contributed by atoms with Crippen molar-refractivity contribution in [3.8, 4) is 56.0 Å². The van der Waals surface area contributed by atoms with Gasteiger partial charge >= 0.3 is 0 Å². The Morgan fingerprint density at radius 1 is 0.328 bits per heavy atom. The third-order valence-corrected chi connectivity index (χ3v) is 12.2. The fourth-order valence-electron chi connectivity index (χ4n) is 8.96. The zero-order valence-corrected chi connectivity index (χ0v) is 34.8. The lowest BCUT2D eigenvalue weighted by molar-refractivity contribution is 1.19. The van der Waals surface area contributed by atoms with Crippen LogP contribution in [0.15, 0.2) is 237 Å². The number of anilines is 3. The van der Waals surface area contributed by atoms with Gasteiger partial charge in [-0.05, 0) is 93.3 Å². The summed E-state index contributed by atoms with van der Waals surface area (Å²) in [5.41, 5.74) is 15.7. The Bertz CT molecular complexity index is 3620. The van der Waals surface area contributed by atoms with E-state index in [1.54, 1.807) is 0 Å². The van der Waals surface area contributed by atoms with Gasteiger partial charge in [-0.3, -0.25) is 0 Å². The Balaban J connectivity index is 1.02. The quantitative estimate of drug-likeness (QED) is 0.153. The molecule has 5 nitrogen and oxygen atoms in total. The fourth-order valence-corrected chi connectivity index (χ4v) is 8.96. The maximum atomic E-state index is 5.69. The summed E-state index contributed by atoms with van der Waals surface area (Å²) in [6.45, 7) is 0. The number of nitrogens with zero attached hydrogens (tertiary/aromatic N) is 5. The molecule has 0 atom stereocenters. The zero-order valence-electron chi connectivity index (χ0n) is 34.8. The third-order valence-electron chi connectivity index (χ3n) is 12.2. The summed E-state index contributed by atoms with van der Waals surface area (Å²) in [6, 6.07) is 79.2. The summed E-state index contributed by atoms with van der Waals surface area (Å²) in [4.78, 5) is 18.5. The molecule has 12 aromatic rings. The number of pyridine rings is 1. The van der Waals surface area contributed by atoms with Crippen LogP contribution in [0.25, 0.3) is 94.3 Å². The van der Waals surface area contributed by atoms with Crippen LogP contribution in [0.1, 0.15) is 0 Å². The number of benzene rings is 9. The second-order valence-electron chi connectivity index (χ2n) is 16.1. The van der Waals surface area contributed by atoms with Crippen molar-refractivity contribution in [2.24, 2.45) is 0 Å². The van der Waals surface area contributed by atoms with Gasteiger partial charge in [0.2, 0.25) is 0 Å². The second-order valence-corrected chi connectivity index (χ2v) is 16.1. The van der Waals surface area contributed by atoms with Gasteiger partial charge in [0, 0.05) is 57.3 Å². The Kier molecular flexibility index (Phi) is 9.08. The van der Waals surface area contributed by atoms with Gasteiger partial charge in [0.05, 0.1) is 28.1 Å². The lowest BCUT2D eigenvalue weighted by Gasteiger charge is -2.26. The van der Waals surface area contributed by atoms with Crippen molar-refractivity contribution in [2.45, 2.75) is 0 Å². The molecule has 0 unspecified atom stereocenters. The van der Waals surface area contributed by atoms with Gasteiger partial charge in [0.1, 0.15) is 5.65 Å². The van der Waals surface area contributed by atoms with Gasteiger partial charge < -0.3 is 9.30 Å². The normalized spacial score (nSPS) is 11.4. The Labute approximate surface area is 370 Å². The SMILES string of the molecule is c1ccc(-c2nc3c(-c4ccc5ccccc5c4)ccc(-c4ccc5ccccc5c4)c3nc2-c2ccc(N(c3ccccc3)c3ccc(-c4cn5ccccc5n4)cc3)cc2)cc1. The number of fused-ring (bicyclic) bond motifs is 4. The van der Waals surface area contributed by atoms with E-state index in [2.05, 4.69) is 216 Å². The first-order valence-corrected chi connectivity index (χ1v) is 21.6. The number of para-hydroxylation sites is 1. The molecule has 0 aliphatic heterocycles. The van der Waals surface area contributed by atoms with E-state index in [-0.39, 0.29) is 0 Å². The topological polar surface area (TPSA) is 46.3 Å². The predicted octanol–water partition coefficient (Wildman–Crippen LogP) is 15.4. The number of imidazole rings is 1. The molecule has 0 saturated heterocycles. The van der Waals surface area contributed by atoms with E-state index < -0.39 is 0 Å².